The molecular weight excluding hydrogens is 124 g/mol. The Kier molecular flexibility index (Phi) is 1.66. The normalized spacial score (nSPS) is 41.7. The van der Waals surface area contributed by atoms with Crippen LogP contribution in [0, 0.1) is 0 Å². The monoisotopic (exact) mass is 140 g/mol. The average Bonchev–Trinajstić information content (AvgIpc) is 2.33. The summed E-state index contributed by atoms with van der Waals surface area (Å²) in [4.78, 5) is 2.63. The van der Waals surface area contributed by atoms with E-state index in [0.717, 1.165) is 6.04 Å². The summed E-state index contributed by atoms with van der Waals surface area (Å²) in [5.41, 5.74) is 0. The van der Waals surface area contributed by atoms with Crippen molar-refractivity contribution in [2.24, 2.45) is 0 Å². The molecule has 0 saturated carbocycles. The van der Waals surface area contributed by atoms with Gasteiger partial charge in [-0.3, -0.25) is 4.90 Å². The molecule has 2 aliphatic rings. The maximum Gasteiger partial charge on any atom is 0.0221 e. The number of rotatable bonds is 0. The van der Waals surface area contributed by atoms with Gasteiger partial charge in [-0.15, -0.1) is 0 Å². The first-order valence-corrected chi connectivity index (χ1v) is 4.33. The molecule has 2 atom stereocenters. The summed E-state index contributed by atoms with van der Waals surface area (Å²) in [6, 6.07) is 1.59. The van der Waals surface area contributed by atoms with Crippen LogP contribution in [0.3, 0.4) is 0 Å². The van der Waals surface area contributed by atoms with Crippen molar-refractivity contribution < 1.29 is 0 Å². The van der Waals surface area contributed by atoms with Gasteiger partial charge >= 0.3 is 0 Å². The minimum absolute atomic E-state index is 0.717. The van der Waals surface area contributed by atoms with E-state index in [9.17, 15) is 0 Å². The number of nitrogens with zero attached hydrogens (tertiary/aromatic N) is 1. The Bertz CT molecular complexity index is 124. The predicted octanol–water partition coefficient (Wildman–Crippen LogP) is 0.442. The highest BCUT2D eigenvalue weighted by molar-refractivity contribution is 4.88. The van der Waals surface area contributed by atoms with Gasteiger partial charge in [0.15, 0.2) is 0 Å². The molecule has 2 aliphatic heterocycles. The van der Waals surface area contributed by atoms with E-state index in [1.807, 2.05) is 0 Å². The lowest BCUT2D eigenvalue weighted by molar-refractivity contribution is 0.180. The van der Waals surface area contributed by atoms with E-state index in [-0.39, 0.29) is 0 Å². The van der Waals surface area contributed by atoms with Gasteiger partial charge in [-0.25, -0.2) is 0 Å². The first-order valence-electron chi connectivity index (χ1n) is 4.33. The zero-order valence-corrected chi connectivity index (χ0v) is 6.64. The lowest BCUT2D eigenvalue weighted by Crippen LogP contribution is -2.52. The molecule has 2 fully saturated rings. The standard InChI is InChI=1S/C8H16N2/c1-7-6-10-4-2-3-8(10)5-9-7/h7-9H,2-6H2,1H3. The number of fused-ring (bicyclic) bond motifs is 1. The Morgan fingerprint density at radius 1 is 1.50 bits per heavy atom. The van der Waals surface area contributed by atoms with E-state index in [1.165, 1.54) is 32.5 Å². The average molecular weight is 140 g/mol. The first-order chi connectivity index (χ1) is 4.86. The van der Waals surface area contributed by atoms with Crippen molar-refractivity contribution in [2.75, 3.05) is 19.6 Å². The van der Waals surface area contributed by atoms with Gasteiger partial charge in [0.05, 0.1) is 0 Å². The van der Waals surface area contributed by atoms with Crippen LogP contribution >= 0.6 is 0 Å². The zero-order chi connectivity index (χ0) is 6.97. The van der Waals surface area contributed by atoms with Crippen molar-refractivity contribution in [3.63, 3.8) is 0 Å². The fourth-order valence-electron chi connectivity index (χ4n) is 2.12. The molecule has 0 aliphatic carbocycles. The Labute approximate surface area is 62.6 Å². The molecule has 0 amide bonds. The van der Waals surface area contributed by atoms with Crippen LogP contribution < -0.4 is 5.32 Å². The van der Waals surface area contributed by atoms with Crippen molar-refractivity contribution in [2.45, 2.75) is 31.8 Å². The third kappa shape index (κ3) is 1.06. The summed E-state index contributed by atoms with van der Waals surface area (Å²) in [5.74, 6) is 0. The topological polar surface area (TPSA) is 15.3 Å². The minimum Gasteiger partial charge on any atom is -0.311 e. The summed E-state index contributed by atoms with van der Waals surface area (Å²) in [6.45, 7) is 6.11. The second kappa shape index (κ2) is 2.51. The Balaban J connectivity index is 1.96. The molecule has 0 bridgehead atoms. The Morgan fingerprint density at radius 2 is 2.40 bits per heavy atom. The third-order valence-electron chi connectivity index (χ3n) is 2.71. The second-order valence-electron chi connectivity index (χ2n) is 3.60. The molecule has 0 aromatic carbocycles. The molecule has 2 heteroatoms. The van der Waals surface area contributed by atoms with Crippen LogP contribution in [-0.2, 0) is 0 Å². The van der Waals surface area contributed by atoms with Gasteiger partial charge in [-0.05, 0) is 26.3 Å². The van der Waals surface area contributed by atoms with Gasteiger partial charge in [-0.2, -0.15) is 0 Å². The SMILES string of the molecule is CC1CN2CCCC2CN1. The van der Waals surface area contributed by atoms with Gasteiger partial charge in [0.1, 0.15) is 0 Å². The maximum atomic E-state index is 3.51. The van der Waals surface area contributed by atoms with Gasteiger partial charge in [-0.1, -0.05) is 0 Å². The summed E-state index contributed by atoms with van der Waals surface area (Å²) in [5, 5.41) is 3.51. The molecule has 2 rings (SSSR count). The van der Waals surface area contributed by atoms with Crippen molar-refractivity contribution in [1.82, 2.24) is 10.2 Å². The third-order valence-corrected chi connectivity index (χ3v) is 2.71. The quantitative estimate of drug-likeness (QED) is 0.525. The summed E-state index contributed by atoms with van der Waals surface area (Å²) in [6.07, 6.45) is 2.83. The van der Waals surface area contributed by atoms with Gasteiger partial charge in [0, 0.05) is 25.2 Å². The summed E-state index contributed by atoms with van der Waals surface area (Å²) < 4.78 is 0. The molecular formula is C8H16N2. The maximum absolute atomic E-state index is 3.51. The number of nitrogens with one attached hydrogen (secondary N) is 1. The van der Waals surface area contributed by atoms with E-state index < -0.39 is 0 Å². The van der Waals surface area contributed by atoms with Crippen LogP contribution in [0.2, 0.25) is 0 Å². The molecule has 10 heavy (non-hydrogen) atoms. The second-order valence-corrected chi connectivity index (χ2v) is 3.60. The Morgan fingerprint density at radius 3 is 3.30 bits per heavy atom. The number of hydrogen-bond donors (Lipinski definition) is 1. The Hall–Kier alpha value is -0.0800. The van der Waals surface area contributed by atoms with E-state index >= 15 is 0 Å². The smallest absolute Gasteiger partial charge is 0.0221 e. The number of hydrogen-bond acceptors (Lipinski definition) is 2. The van der Waals surface area contributed by atoms with Gasteiger partial charge in [0.2, 0.25) is 0 Å². The highest BCUT2D eigenvalue weighted by atomic mass is 15.2. The highest BCUT2D eigenvalue weighted by Gasteiger charge is 2.28. The van der Waals surface area contributed by atoms with Crippen molar-refractivity contribution in [1.29, 1.82) is 0 Å². The number of piperazine rings is 1. The van der Waals surface area contributed by atoms with E-state index in [1.54, 1.807) is 0 Å². The predicted molar refractivity (Wildman–Crippen MR) is 42.1 cm³/mol. The molecule has 0 radical (unpaired) electrons. The molecule has 2 saturated heterocycles. The summed E-state index contributed by atoms with van der Waals surface area (Å²) >= 11 is 0. The molecule has 0 aromatic heterocycles. The van der Waals surface area contributed by atoms with Gasteiger partial charge < -0.3 is 5.32 Å². The minimum atomic E-state index is 0.717. The highest BCUT2D eigenvalue weighted by Crippen LogP contribution is 2.19. The van der Waals surface area contributed by atoms with Crippen molar-refractivity contribution >= 4 is 0 Å². The summed E-state index contributed by atoms with van der Waals surface area (Å²) in [7, 11) is 0. The largest absolute Gasteiger partial charge is 0.311 e. The van der Waals surface area contributed by atoms with Crippen molar-refractivity contribution in [3.05, 3.63) is 0 Å². The van der Waals surface area contributed by atoms with Crippen LogP contribution in [0.1, 0.15) is 19.8 Å². The fourth-order valence-corrected chi connectivity index (χ4v) is 2.12. The van der Waals surface area contributed by atoms with Crippen molar-refractivity contribution in [3.8, 4) is 0 Å². The van der Waals surface area contributed by atoms with Crippen LogP contribution in [0.15, 0.2) is 0 Å². The van der Waals surface area contributed by atoms with E-state index in [4.69, 9.17) is 0 Å². The molecule has 58 valence electrons. The van der Waals surface area contributed by atoms with Gasteiger partial charge in [0.25, 0.3) is 0 Å². The van der Waals surface area contributed by atoms with E-state index in [0.29, 0.717) is 6.04 Å². The fraction of sp³-hybridized carbons (Fsp3) is 1.00. The molecule has 2 unspecified atom stereocenters. The lowest BCUT2D eigenvalue weighted by atomic mass is 10.1. The van der Waals surface area contributed by atoms with E-state index in [2.05, 4.69) is 17.1 Å². The zero-order valence-electron chi connectivity index (χ0n) is 6.64. The van der Waals surface area contributed by atoms with Crippen LogP contribution in [0.4, 0.5) is 0 Å². The molecule has 1 N–H and O–H groups in total. The molecule has 2 nitrogen and oxygen atoms in total. The molecule has 0 aromatic rings. The van der Waals surface area contributed by atoms with Crippen LogP contribution in [0.25, 0.3) is 0 Å². The molecule has 2 heterocycles. The van der Waals surface area contributed by atoms with Crippen LogP contribution in [-0.4, -0.2) is 36.6 Å². The first kappa shape index (κ1) is 6.62. The van der Waals surface area contributed by atoms with Crippen LogP contribution in [0.5, 0.6) is 0 Å². The molecule has 0 spiro atoms. The lowest BCUT2D eigenvalue weighted by Gasteiger charge is -2.34.